The highest BCUT2D eigenvalue weighted by atomic mass is 16.5. The summed E-state index contributed by atoms with van der Waals surface area (Å²) in [6, 6.07) is 6.77. The summed E-state index contributed by atoms with van der Waals surface area (Å²) >= 11 is 0. The predicted molar refractivity (Wildman–Crippen MR) is 83.4 cm³/mol. The van der Waals surface area contributed by atoms with Gasteiger partial charge in [-0.1, -0.05) is 25.5 Å². The van der Waals surface area contributed by atoms with Crippen molar-refractivity contribution in [3.63, 3.8) is 0 Å². The fourth-order valence-electron chi connectivity index (χ4n) is 2.50. The van der Waals surface area contributed by atoms with Crippen LogP contribution in [0.2, 0.25) is 0 Å². The van der Waals surface area contributed by atoms with Gasteiger partial charge in [-0.2, -0.15) is 0 Å². The number of benzene rings is 1. The average molecular weight is 310 g/mol. The molecule has 0 bridgehead atoms. The van der Waals surface area contributed by atoms with Crippen LogP contribution >= 0.6 is 0 Å². The van der Waals surface area contributed by atoms with Crippen LogP contribution in [0.3, 0.4) is 0 Å². The highest BCUT2D eigenvalue weighted by Gasteiger charge is 2.22. The fraction of sp³-hybridized carbons (Fsp3) is 0.588. The number of phenols is 1. The third kappa shape index (κ3) is 6.45. The molecule has 1 unspecified atom stereocenters. The van der Waals surface area contributed by atoms with E-state index in [0.29, 0.717) is 12.8 Å². The Hall–Kier alpha value is -1.59. The van der Waals surface area contributed by atoms with E-state index < -0.39 is 0 Å². The number of esters is 1. The van der Waals surface area contributed by atoms with E-state index in [1.807, 2.05) is 6.92 Å². The number of hydrogen-bond donors (Lipinski definition) is 3. The molecule has 0 saturated carbocycles. The quantitative estimate of drug-likeness (QED) is 0.574. The Morgan fingerprint density at radius 3 is 2.41 bits per heavy atom. The van der Waals surface area contributed by atoms with Crippen molar-refractivity contribution in [2.45, 2.75) is 32.6 Å². The molecule has 1 rings (SSSR count). The maximum Gasteiger partial charge on any atom is 0.306 e. The van der Waals surface area contributed by atoms with Crippen LogP contribution in [0.15, 0.2) is 24.3 Å². The molecule has 0 fully saturated rings. The van der Waals surface area contributed by atoms with Crippen LogP contribution < -0.4 is 0 Å². The lowest BCUT2D eigenvalue weighted by Gasteiger charge is -2.23. The summed E-state index contributed by atoms with van der Waals surface area (Å²) in [5.41, 5.74) is 0.985. The largest absolute Gasteiger partial charge is 0.508 e. The number of aliphatic hydroxyl groups excluding tert-OH is 2. The van der Waals surface area contributed by atoms with E-state index >= 15 is 0 Å². The van der Waals surface area contributed by atoms with Crippen LogP contribution in [0.4, 0.5) is 0 Å². The van der Waals surface area contributed by atoms with Crippen LogP contribution in [0, 0.1) is 11.8 Å². The fourth-order valence-corrected chi connectivity index (χ4v) is 2.50. The van der Waals surface area contributed by atoms with Crippen LogP contribution in [-0.2, 0) is 16.0 Å². The van der Waals surface area contributed by atoms with Gasteiger partial charge in [0.05, 0.1) is 6.61 Å². The Bertz CT molecular complexity index is 425. The normalized spacial score (nSPS) is 13.6. The topological polar surface area (TPSA) is 87.0 Å². The highest BCUT2D eigenvalue weighted by Crippen LogP contribution is 2.23. The molecule has 0 aliphatic rings. The second-order valence-electron chi connectivity index (χ2n) is 5.46. The summed E-state index contributed by atoms with van der Waals surface area (Å²) < 4.78 is 5.23. The maximum atomic E-state index is 11.9. The molecule has 0 amide bonds. The lowest BCUT2D eigenvalue weighted by Crippen LogP contribution is -2.23. The highest BCUT2D eigenvalue weighted by molar-refractivity contribution is 5.69. The number of ether oxygens (including phenoxy) is 1. The lowest BCUT2D eigenvalue weighted by atomic mass is 9.86. The van der Waals surface area contributed by atoms with Gasteiger partial charge in [-0.15, -0.1) is 0 Å². The van der Waals surface area contributed by atoms with Crippen LogP contribution in [0.1, 0.15) is 31.7 Å². The van der Waals surface area contributed by atoms with Gasteiger partial charge in [0, 0.05) is 26.1 Å². The van der Waals surface area contributed by atoms with Crippen molar-refractivity contribution in [1.29, 1.82) is 0 Å². The number of carbonyl (C=O) groups is 1. The molecule has 0 heterocycles. The maximum absolute atomic E-state index is 11.9. The van der Waals surface area contributed by atoms with E-state index in [9.17, 15) is 15.0 Å². The zero-order valence-corrected chi connectivity index (χ0v) is 13.1. The molecule has 5 nitrogen and oxygen atoms in total. The Balaban J connectivity index is 2.38. The summed E-state index contributed by atoms with van der Waals surface area (Å²) in [5, 5.41) is 27.6. The monoisotopic (exact) mass is 310 g/mol. The summed E-state index contributed by atoms with van der Waals surface area (Å²) in [4.78, 5) is 11.9. The van der Waals surface area contributed by atoms with Gasteiger partial charge < -0.3 is 20.1 Å². The molecular weight excluding hydrogens is 284 g/mol. The van der Waals surface area contributed by atoms with E-state index in [2.05, 4.69) is 0 Å². The number of phenolic OH excluding ortho intramolecular Hbond substituents is 1. The van der Waals surface area contributed by atoms with Gasteiger partial charge >= 0.3 is 5.97 Å². The Labute approximate surface area is 131 Å². The molecule has 0 spiro atoms. The van der Waals surface area contributed by atoms with Crippen molar-refractivity contribution in [2.75, 3.05) is 19.8 Å². The van der Waals surface area contributed by atoms with Gasteiger partial charge in [0.1, 0.15) is 5.75 Å². The van der Waals surface area contributed by atoms with Crippen LogP contribution in [-0.4, -0.2) is 41.1 Å². The number of aromatic hydroxyl groups is 1. The van der Waals surface area contributed by atoms with E-state index in [1.54, 1.807) is 24.3 Å². The molecule has 22 heavy (non-hydrogen) atoms. The molecule has 124 valence electrons. The van der Waals surface area contributed by atoms with Gasteiger partial charge in [-0.05, 0) is 36.0 Å². The van der Waals surface area contributed by atoms with Crippen LogP contribution in [0.25, 0.3) is 0 Å². The van der Waals surface area contributed by atoms with Gasteiger partial charge in [-0.25, -0.2) is 0 Å². The third-order valence-electron chi connectivity index (χ3n) is 3.94. The Kier molecular flexibility index (Phi) is 8.55. The molecule has 0 saturated heterocycles. The molecule has 1 aromatic rings. The molecule has 5 heteroatoms. The Morgan fingerprint density at radius 2 is 1.86 bits per heavy atom. The van der Waals surface area contributed by atoms with Gasteiger partial charge in [0.25, 0.3) is 0 Å². The zero-order chi connectivity index (χ0) is 16.4. The number of hydrogen-bond acceptors (Lipinski definition) is 5. The summed E-state index contributed by atoms with van der Waals surface area (Å²) in [5.74, 6) is -0.135. The van der Waals surface area contributed by atoms with Gasteiger partial charge in [0.2, 0.25) is 0 Å². The first-order valence-electron chi connectivity index (χ1n) is 7.75. The van der Waals surface area contributed by atoms with E-state index in [1.165, 1.54) is 0 Å². The minimum absolute atomic E-state index is 0.00194. The molecule has 0 aromatic heterocycles. The Morgan fingerprint density at radius 1 is 1.18 bits per heavy atom. The molecule has 0 radical (unpaired) electrons. The molecule has 2 atom stereocenters. The smallest absolute Gasteiger partial charge is 0.306 e. The minimum Gasteiger partial charge on any atom is -0.508 e. The lowest BCUT2D eigenvalue weighted by molar-refractivity contribution is -0.145. The average Bonchev–Trinajstić information content (AvgIpc) is 2.50. The van der Waals surface area contributed by atoms with E-state index in [-0.39, 0.29) is 49.8 Å². The van der Waals surface area contributed by atoms with Crippen molar-refractivity contribution < 1.29 is 24.9 Å². The standard InChI is InChI=1S/C17H26O5/c1-2-14(12-19)15(7-9-18)11-17(21)22-10-8-13-3-5-16(20)6-4-13/h3-6,14-15,18-20H,2,7-12H2,1H3/t14?,15-/m0/s1. The second-order valence-corrected chi connectivity index (χ2v) is 5.46. The summed E-state index contributed by atoms with van der Waals surface area (Å²) in [6.45, 7) is 2.26. The van der Waals surface area contributed by atoms with Crippen molar-refractivity contribution >= 4 is 5.97 Å². The van der Waals surface area contributed by atoms with Crippen molar-refractivity contribution in [3.8, 4) is 5.75 Å². The first-order chi connectivity index (χ1) is 10.6. The molecule has 3 N–H and O–H groups in total. The molecular formula is C17H26O5. The molecule has 1 aromatic carbocycles. The first kappa shape index (κ1) is 18.5. The number of rotatable bonds is 10. The van der Waals surface area contributed by atoms with E-state index in [4.69, 9.17) is 9.84 Å². The third-order valence-corrected chi connectivity index (χ3v) is 3.94. The van der Waals surface area contributed by atoms with Crippen molar-refractivity contribution in [3.05, 3.63) is 29.8 Å². The second kappa shape index (κ2) is 10.2. The SMILES string of the molecule is CCC(CO)[C@@H](CCO)CC(=O)OCCc1ccc(O)cc1. The first-order valence-corrected chi connectivity index (χ1v) is 7.75. The van der Waals surface area contributed by atoms with E-state index in [0.717, 1.165) is 12.0 Å². The van der Waals surface area contributed by atoms with Crippen molar-refractivity contribution in [2.24, 2.45) is 11.8 Å². The minimum atomic E-state index is -0.302. The molecule has 0 aliphatic carbocycles. The number of carbonyl (C=O) groups excluding carboxylic acids is 1. The number of aliphatic hydroxyl groups is 2. The summed E-state index contributed by atoms with van der Waals surface area (Å²) in [7, 11) is 0. The predicted octanol–water partition coefficient (Wildman–Crippen LogP) is 1.89. The van der Waals surface area contributed by atoms with Gasteiger partial charge in [-0.3, -0.25) is 4.79 Å². The van der Waals surface area contributed by atoms with Crippen LogP contribution in [0.5, 0.6) is 5.75 Å². The zero-order valence-electron chi connectivity index (χ0n) is 13.1. The molecule has 0 aliphatic heterocycles. The van der Waals surface area contributed by atoms with Gasteiger partial charge in [0.15, 0.2) is 0 Å². The van der Waals surface area contributed by atoms with Crippen molar-refractivity contribution in [1.82, 2.24) is 0 Å². The summed E-state index contributed by atoms with van der Waals surface area (Å²) in [6.07, 6.45) is 2.07.